The van der Waals surface area contributed by atoms with Gasteiger partial charge in [-0.15, -0.1) is 0 Å². The molecule has 0 spiro atoms. The van der Waals surface area contributed by atoms with Gasteiger partial charge in [0.1, 0.15) is 6.04 Å². The Morgan fingerprint density at radius 3 is 2.27 bits per heavy atom. The third-order valence-electron chi connectivity index (χ3n) is 5.11. The maximum atomic E-state index is 13.0. The molecule has 0 saturated carbocycles. The highest BCUT2D eigenvalue weighted by molar-refractivity contribution is 6.06. The van der Waals surface area contributed by atoms with Crippen LogP contribution in [0, 0.1) is 5.41 Å². The smallest absolute Gasteiger partial charge is 0.255 e. The molecule has 0 aromatic heterocycles. The van der Waals surface area contributed by atoms with Crippen molar-refractivity contribution in [3.63, 3.8) is 0 Å². The van der Waals surface area contributed by atoms with Gasteiger partial charge in [-0.1, -0.05) is 32.9 Å². The first kappa shape index (κ1) is 21.4. The number of carbonyl (C=O) groups is 3. The summed E-state index contributed by atoms with van der Waals surface area (Å²) in [4.78, 5) is 39.3. The van der Waals surface area contributed by atoms with E-state index in [1.165, 1.54) is 0 Å². The zero-order valence-corrected chi connectivity index (χ0v) is 17.6. The Morgan fingerprint density at radius 1 is 1.03 bits per heavy atom. The predicted molar refractivity (Wildman–Crippen MR) is 118 cm³/mol. The average molecular weight is 409 g/mol. The number of hydrogen-bond donors (Lipinski definition) is 3. The van der Waals surface area contributed by atoms with Crippen molar-refractivity contribution in [1.82, 2.24) is 4.90 Å². The van der Waals surface area contributed by atoms with Crippen LogP contribution in [0.15, 0.2) is 48.5 Å². The second-order valence-corrected chi connectivity index (χ2v) is 8.57. The molecule has 1 atom stereocenters. The quantitative estimate of drug-likeness (QED) is 0.659. The van der Waals surface area contributed by atoms with E-state index in [0.717, 1.165) is 6.42 Å². The number of likely N-dealkylation sites (tertiary alicyclic amines) is 1. The zero-order valence-electron chi connectivity index (χ0n) is 17.6. The molecule has 2 aromatic rings. The van der Waals surface area contributed by atoms with Crippen LogP contribution in [0.25, 0.3) is 0 Å². The van der Waals surface area contributed by atoms with E-state index in [0.29, 0.717) is 35.6 Å². The molecule has 0 radical (unpaired) electrons. The Bertz CT molecular complexity index is 948. The molecule has 3 amide bonds. The largest absolute Gasteiger partial charge is 0.397 e. The van der Waals surface area contributed by atoms with Gasteiger partial charge in [-0.2, -0.15) is 0 Å². The first-order chi connectivity index (χ1) is 14.2. The van der Waals surface area contributed by atoms with Crippen LogP contribution in [0.2, 0.25) is 0 Å². The maximum Gasteiger partial charge on any atom is 0.255 e. The summed E-state index contributed by atoms with van der Waals surface area (Å²) in [6.07, 6.45) is 1.25. The van der Waals surface area contributed by atoms with Crippen LogP contribution in [-0.2, 0) is 9.59 Å². The maximum absolute atomic E-state index is 13.0. The normalized spacial score (nSPS) is 15.0. The molecular weight excluding hydrogens is 380 g/mol. The molecule has 1 heterocycles. The number of nitrogen functional groups attached to an aromatic ring is 1. The lowest BCUT2D eigenvalue weighted by atomic mass is 9.85. The molecule has 2 aromatic carbocycles. The van der Waals surface area contributed by atoms with Gasteiger partial charge in [0.2, 0.25) is 11.8 Å². The number of carbonyl (C=O) groups excluding carboxylic acids is 3. The van der Waals surface area contributed by atoms with Crippen molar-refractivity contribution in [2.24, 2.45) is 5.41 Å². The fourth-order valence-corrected chi connectivity index (χ4v) is 3.67. The molecule has 158 valence electrons. The van der Waals surface area contributed by atoms with E-state index in [-0.39, 0.29) is 17.7 Å². The second-order valence-electron chi connectivity index (χ2n) is 8.57. The van der Waals surface area contributed by atoms with Gasteiger partial charge in [0.25, 0.3) is 5.91 Å². The SMILES string of the molecule is CC(C)(C)[C@@H](C(=O)Nc1ccc(C(=O)Nc2ccccc2N)cc1)N1CCCC1=O. The van der Waals surface area contributed by atoms with Crippen LogP contribution in [0.1, 0.15) is 44.0 Å². The number of para-hydroxylation sites is 2. The number of nitrogens with zero attached hydrogens (tertiary/aromatic N) is 1. The number of amides is 3. The van der Waals surface area contributed by atoms with E-state index in [9.17, 15) is 14.4 Å². The van der Waals surface area contributed by atoms with E-state index >= 15 is 0 Å². The summed E-state index contributed by atoms with van der Waals surface area (Å²) >= 11 is 0. The highest BCUT2D eigenvalue weighted by atomic mass is 16.2. The summed E-state index contributed by atoms with van der Waals surface area (Å²) in [5, 5.41) is 5.66. The fourth-order valence-electron chi connectivity index (χ4n) is 3.67. The molecule has 0 bridgehead atoms. The van der Waals surface area contributed by atoms with E-state index in [2.05, 4.69) is 10.6 Å². The van der Waals surface area contributed by atoms with Crippen molar-refractivity contribution < 1.29 is 14.4 Å². The Labute approximate surface area is 176 Å². The van der Waals surface area contributed by atoms with Crippen molar-refractivity contribution in [2.75, 3.05) is 22.9 Å². The lowest BCUT2D eigenvalue weighted by Gasteiger charge is -2.36. The van der Waals surface area contributed by atoms with Gasteiger partial charge in [-0.25, -0.2) is 0 Å². The van der Waals surface area contributed by atoms with E-state index in [1.807, 2.05) is 20.8 Å². The van der Waals surface area contributed by atoms with Gasteiger partial charge in [0.15, 0.2) is 0 Å². The Kier molecular flexibility index (Phi) is 6.10. The molecule has 1 aliphatic heterocycles. The molecule has 1 aliphatic rings. The molecule has 1 saturated heterocycles. The lowest BCUT2D eigenvalue weighted by Crippen LogP contribution is -2.52. The van der Waals surface area contributed by atoms with Gasteiger partial charge in [0.05, 0.1) is 11.4 Å². The minimum absolute atomic E-state index is 0.0114. The second kappa shape index (κ2) is 8.57. The molecule has 30 heavy (non-hydrogen) atoms. The Balaban J connectivity index is 1.69. The molecule has 3 rings (SSSR count). The fraction of sp³-hybridized carbons (Fsp3) is 0.348. The summed E-state index contributed by atoms with van der Waals surface area (Å²) in [7, 11) is 0. The molecular formula is C23H28N4O3. The molecule has 0 unspecified atom stereocenters. The van der Waals surface area contributed by atoms with Crippen molar-refractivity contribution >= 4 is 34.8 Å². The van der Waals surface area contributed by atoms with Crippen LogP contribution in [0.3, 0.4) is 0 Å². The molecule has 7 heteroatoms. The first-order valence-corrected chi connectivity index (χ1v) is 10.0. The van der Waals surface area contributed by atoms with E-state index in [1.54, 1.807) is 53.4 Å². The number of anilines is 3. The van der Waals surface area contributed by atoms with Crippen LogP contribution < -0.4 is 16.4 Å². The standard InChI is InChI=1S/C23H28N4O3/c1-23(2,3)20(27-14-6-9-19(27)28)22(30)25-16-12-10-15(11-13-16)21(29)26-18-8-5-4-7-17(18)24/h4-5,7-8,10-13,20H,6,9,14,24H2,1-3H3,(H,25,30)(H,26,29)/t20-/m1/s1. The number of nitrogens with one attached hydrogen (secondary N) is 2. The van der Waals surface area contributed by atoms with E-state index in [4.69, 9.17) is 5.73 Å². The predicted octanol–water partition coefficient (Wildman–Crippen LogP) is 3.50. The third kappa shape index (κ3) is 4.79. The number of rotatable bonds is 5. The summed E-state index contributed by atoms with van der Waals surface area (Å²) in [6, 6.07) is 13.1. The minimum Gasteiger partial charge on any atom is -0.397 e. The minimum atomic E-state index is -0.559. The molecule has 4 N–H and O–H groups in total. The van der Waals surface area contributed by atoms with Crippen LogP contribution in [0.4, 0.5) is 17.1 Å². The molecule has 1 fully saturated rings. The van der Waals surface area contributed by atoms with Gasteiger partial charge < -0.3 is 21.3 Å². The van der Waals surface area contributed by atoms with Crippen LogP contribution in [-0.4, -0.2) is 35.2 Å². The van der Waals surface area contributed by atoms with Crippen LogP contribution in [0.5, 0.6) is 0 Å². The van der Waals surface area contributed by atoms with Gasteiger partial charge in [-0.3, -0.25) is 14.4 Å². The highest BCUT2D eigenvalue weighted by Gasteiger charge is 2.40. The van der Waals surface area contributed by atoms with Crippen molar-refractivity contribution in [3.8, 4) is 0 Å². The summed E-state index contributed by atoms with van der Waals surface area (Å²) in [5.74, 6) is -0.509. The third-order valence-corrected chi connectivity index (χ3v) is 5.11. The highest BCUT2D eigenvalue weighted by Crippen LogP contribution is 2.29. The molecule has 0 aliphatic carbocycles. The molecule has 7 nitrogen and oxygen atoms in total. The summed E-state index contributed by atoms with van der Waals surface area (Å²) < 4.78 is 0. The number of benzene rings is 2. The Morgan fingerprint density at radius 2 is 1.70 bits per heavy atom. The topological polar surface area (TPSA) is 105 Å². The van der Waals surface area contributed by atoms with Crippen molar-refractivity contribution in [1.29, 1.82) is 0 Å². The van der Waals surface area contributed by atoms with Crippen LogP contribution >= 0.6 is 0 Å². The first-order valence-electron chi connectivity index (χ1n) is 10.0. The summed E-state index contributed by atoms with van der Waals surface area (Å²) in [6.45, 7) is 6.44. The Hall–Kier alpha value is -3.35. The zero-order chi connectivity index (χ0) is 21.9. The monoisotopic (exact) mass is 408 g/mol. The summed E-state index contributed by atoms with van der Waals surface area (Å²) in [5.41, 5.74) is 7.50. The van der Waals surface area contributed by atoms with E-state index < -0.39 is 11.5 Å². The van der Waals surface area contributed by atoms with Crippen molar-refractivity contribution in [3.05, 3.63) is 54.1 Å². The number of nitrogens with two attached hydrogens (primary N) is 1. The lowest BCUT2D eigenvalue weighted by molar-refractivity contribution is -0.138. The van der Waals surface area contributed by atoms with Gasteiger partial charge in [0, 0.05) is 24.2 Å². The average Bonchev–Trinajstić information content (AvgIpc) is 3.08. The number of hydrogen-bond acceptors (Lipinski definition) is 4. The van der Waals surface area contributed by atoms with Crippen molar-refractivity contribution in [2.45, 2.75) is 39.7 Å². The van der Waals surface area contributed by atoms with Gasteiger partial charge in [-0.05, 0) is 48.2 Å². The van der Waals surface area contributed by atoms with Gasteiger partial charge >= 0.3 is 0 Å².